The molecule has 0 fully saturated rings. The number of fused-ring (bicyclic) bond motifs is 1. The lowest BCUT2D eigenvalue weighted by molar-refractivity contribution is 0.475. The third-order valence-electron chi connectivity index (χ3n) is 4.35. The fourth-order valence-electron chi connectivity index (χ4n) is 3.02. The summed E-state index contributed by atoms with van der Waals surface area (Å²) in [5.74, 6) is 0.778. The van der Waals surface area contributed by atoms with Crippen molar-refractivity contribution in [2.75, 3.05) is 0 Å². The van der Waals surface area contributed by atoms with Gasteiger partial charge in [-0.05, 0) is 55.8 Å². The molecule has 6 heteroatoms. The SMILES string of the molecule is Cc1ccc(-c2nc3c(O)cccn3c2N=Nc2ccc(O)cc2)c(C)c1. The van der Waals surface area contributed by atoms with Crippen LogP contribution in [0.5, 0.6) is 11.5 Å². The van der Waals surface area contributed by atoms with Crippen LogP contribution in [0.1, 0.15) is 11.1 Å². The van der Waals surface area contributed by atoms with Gasteiger partial charge in [-0.1, -0.05) is 23.8 Å². The van der Waals surface area contributed by atoms with Crippen LogP contribution in [-0.2, 0) is 0 Å². The first-order chi connectivity index (χ1) is 13.0. The Hall–Kier alpha value is -3.67. The van der Waals surface area contributed by atoms with Crippen molar-refractivity contribution in [2.45, 2.75) is 13.8 Å². The maximum absolute atomic E-state index is 10.2. The summed E-state index contributed by atoms with van der Waals surface area (Å²) in [5, 5.41) is 28.3. The van der Waals surface area contributed by atoms with Gasteiger partial charge >= 0.3 is 0 Å². The zero-order valence-electron chi connectivity index (χ0n) is 15.0. The van der Waals surface area contributed by atoms with Crippen LogP contribution >= 0.6 is 0 Å². The molecule has 0 unspecified atom stereocenters. The first kappa shape index (κ1) is 16.8. The molecule has 0 bridgehead atoms. The number of aromatic hydroxyl groups is 2. The molecule has 134 valence electrons. The number of aryl methyl sites for hydroxylation is 2. The molecule has 27 heavy (non-hydrogen) atoms. The first-order valence-electron chi connectivity index (χ1n) is 8.51. The monoisotopic (exact) mass is 358 g/mol. The molecule has 0 amide bonds. The molecule has 0 spiro atoms. The molecule has 0 atom stereocenters. The lowest BCUT2D eigenvalue weighted by Gasteiger charge is -2.05. The van der Waals surface area contributed by atoms with E-state index in [1.807, 2.05) is 26.0 Å². The second-order valence-electron chi connectivity index (χ2n) is 6.41. The Bertz CT molecular complexity index is 1160. The van der Waals surface area contributed by atoms with E-state index in [1.54, 1.807) is 47.0 Å². The van der Waals surface area contributed by atoms with Gasteiger partial charge in [0.2, 0.25) is 0 Å². The smallest absolute Gasteiger partial charge is 0.187 e. The Morgan fingerprint density at radius 1 is 0.926 bits per heavy atom. The van der Waals surface area contributed by atoms with Gasteiger partial charge in [0.25, 0.3) is 0 Å². The van der Waals surface area contributed by atoms with Gasteiger partial charge in [0, 0.05) is 11.8 Å². The molecule has 0 aliphatic rings. The summed E-state index contributed by atoms with van der Waals surface area (Å²) in [4.78, 5) is 4.62. The van der Waals surface area contributed by atoms with Crippen molar-refractivity contribution < 1.29 is 10.2 Å². The van der Waals surface area contributed by atoms with Crippen molar-refractivity contribution >= 4 is 17.2 Å². The molecule has 4 rings (SSSR count). The second kappa shape index (κ2) is 6.57. The quantitative estimate of drug-likeness (QED) is 0.478. The highest BCUT2D eigenvalue weighted by atomic mass is 16.3. The van der Waals surface area contributed by atoms with Gasteiger partial charge in [0.15, 0.2) is 17.2 Å². The Morgan fingerprint density at radius 3 is 2.44 bits per heavy atom. The Kier molecular flexibility index (Phi) is 4.08. The molecule has 2 N–H and O–H groups in total. The van der Waals surface area contributed by atoms with Crippen LogP contribution in [0.15, 0.2) is 71.0 Å². The van der Waals surface area contributed by atoms with Gasteiger partial charge in [-0.2, -0.15) is 0 Å². The number of nitrogens with zero attached hydrogens (tertiary/aromatic N) is 4. The highest BCUT2D eigenvalue weighted by Gasteiger charge is 2.17. The number of phenolic OH excluding ortho intramolecular Hbond substituents is 1. The van der Waals surface area contributed by atoms with Crippen LogP contribution in [0.3, 0.4) is 0 Å². The van der Waals surface area contributed by atoms with Gasteiger partial charge in [-0.25, -0.2) is 4.98 Å². The average Bonchev–Trinajstić information content (AvgIpc) is 3.01. The van der Waals surface area contributed by atoms with Crippen molar-refractivity contribution in [3.63, 3.8) is 0 Å². The predicted octanol–water partition coefficient (Wildman–Crippen LogP) is 5.44. The number of benzene rings is 2. The molecule has 0 aliphatic carbocycles. The van der Waals surface area contributed by atoms with E-state index < -0.39 is 0 Å². The first-order valence-corrected chi connectivity index (χ1v) is 8.51. The van der Waals surface area contributed by atoms with Gasteiger partial charge in [0.1, 0.15) is 11.4 Å². The minimum Gasteiger partial charge on any atom is -0.508 e. The number of azo groups is 1. The number of phenols is 1. The highest BCUT2D eigenvalue weighted by Crippen LogP contribution is 2.36. The average molecular weight is 358 g/mol. The maximum Gasteiger partial charge on any atom is 0.187 e. The molecule has 6 nitrogen and oxygen atoms in total. The summed E-state index contributed by atoms with van der Waals surface area (Å²) in [5.41, 5.74) is 4.84. The summed E-state index contributed by atoms with van der Waals surface area (Å²) >= 11 is 0. The Labute approximate surface area is 156 Å². The van der Waals surface area contributed by atoms with Crippen molar-refractivity contribution in [1.82, 2.24) is 9.38 Å². The van der Waals surface area contributed by atoms with E-state index in [0.717, 1.165) is 16.7 Å². The summed E-state index contributed by atoms with van der Waals surface area (Å²) in [6, 6.07) is 15.9. The van der Waals surface area contributed by atoms with E-state index in [0.29, 0.717) is 22.8 Å². The van der Waals surface area contributed by atoms with Gasteiger partial charge in [0.05, 0.1) is 5.69 Å². The van der Waals surface area contributed by atoms with Crippen LogP contribution in [0.2, 0.25) is 0 Å². The van der Waals surface area contributed by atoms with Crippen molar-refractivity contribution in [3.8, 4) is 22.8 Å². The number of hydrogen-bond acceptors (Lipinski definition) is 5. The fraction of sp³-hybridized carbons (Fsp3) is 0.0952. The van der Waals surface area contributed by atoms with E-state index in [-0.39, 0.29) is 11.5 Å². The number of imidazole rings is 1. The molecular weight excluding hydrogens is 340 g/mol. The number of aromatic nitrogens is 2. The zero-order chi connectivity index (χ0) is 19.0. The van der Waals surface area contributed by atoms with Crippen LogP contribution < -0.4 is 0 Å². The summed E-state index contributed by atoms with van der Waals surface area (Å²) < 4.78 is 1.72. The number of rotatable bonds is 3. The second-order valence-corrected chi connectivity index (χ2v) is 6.41. The molecule has 0 aliphatic heterocycles. The third-order valence-corrected chi connectivity index (χ3v) is 4.35. The predicted molar refractivity (Wildman–Crippen MR) is 104 cm³/mol. The summed E-state index contributed by atoms with van der Waals surface area (Å²) in [6.45, 7) is 4.06. The molecule has 2 heterocycles. The normalized spacial score (nSPS) is 11.5. The van der Waals surface area contributed by atoms with E-state index in [4.69, 9.17) is 0 Å². The van der Waals surface area contributed by atoms with Crippen molar-refractivity contribution in [2.24, 2.45) is 10.2 Å². The minimum absolute atomic E-state index is 0.0783. The zero-order valence-corrected chi connectivity index (χ0v) is 15.0. The molecule has 0 saturated carbocycles. The summed E-state index contributed by atoms with van der Waals surface area (Å²) in [6.07, 6.45) is 1.79. The molecule has 2 aromatic heterocycles. The Balaban J connectivity index is 1.91. The highest BCUT2D eigenvalue weighted by molar-refractivity contribution is 5.78. The van der Waals surface area contributed by atoms with E-state index in [9.17, 15) is 10.2 Å². The lowest BCUT2D eigenvalue weighted by atomic mass is 10.0. The number of pyridine rings is 1. The van der Waals surface area contributed by atoms with E-state index in [2.05, 4.69) is 21.3 Å². The van der Waals surface area contributed by atoms with Crippen molar-refractivity contribution in [3.05, 3.63) is 71.9 Å². The van der Waals surface area contributed by atoms with Gasteiger partial charge in [-0.3, -0.25) is 4.40 Å². The molecule has 2 aromatic carbocycles. The largest absolute Gasteiger partial charge is 0.508 e. The molecule has 4 aromatic rings. The van der Waals surface area contributed by atoms with Crippen LogP contribution in [0.25, 0.3) is 16.9 Å². The fourth-order valence-corrected chi connectivity index (χ4v) is 3.02. The number of hydrogen-bond donors (Lipinski definition) is 2. The topological polar surface area (TPSA) is 82.5 Å². The van der Waals surface area contributed by atoms with Crippen LogP contribution in [0.4, 0.5) is 11.5 Å². The lowest BCUT2D eigenvalue weighted by Crippen LogP contribution is -1.86. The minimum atomic E-state index is 0.0783. The van der Waals surface area contributed by atoms with Gasteiger partial charge < -0.3 is 10.2 Å². The van der Waals surface area contributed by atoms with Gasteiger partial charge in [-0.15, -0.1) is 10.2 Å². The van der Waals surface area contributed by atoms with E-state index >= 15 is 0 Å². The molecule has 0 radical (unpaired) electrons. The van der Waals surface area contributed by atoms with Crippen LogP contribution in [0, 0.1) is 13.8 Å². The molecular formula is C21H18N4O2. The molecule has 0 saturated heterocycles. The van der Waals surface area contributed by atoms with E-state index in [1.165, 1.54) is 0 Å². The van der Waals surface area contributed by atoms with Crippen LogP contribution in [-0.4, -0.2) is 19.6 Å². The van der Waals surface area contributed by atoms with Crippen molar-refractivity contribution in [1.29, 1.82) is 0 Å². The third kappa shape index (κ3) is 3.13. The maximum atomic E-state index is 10.2. The standard InChI is InChI=1S/C21H18N4O2/c1-13-5-10-17(14(2)12-13)19-21(24-23-15-6-8-16(26)9-7-15)25-11-3-4-18(27)20(25)22-19/h3-12,26-27H,1-2H3. The summed E-state index contributed by atoms with van der Waals surface area (Å²) in [7, 11) is 0. The Morgan fingerprint density at radius 2 is 1.70 bits per heavy atom.